The lowest BCUT2D eigenvalue weighted by atomic mass is 10.1. The van der Waals surface area contributed by atoms with Crippen LogP contribution in [-0.2, 0) is 4.74 Å². The molecule has 1 amide bonds. The van der Waals surface area contributed by atoms with E-state index in [9.17, 15) is 4.79 Å². The molecule has 1 fully saturated rings. The Hall–Kier alpha value is -1.75. The van der Waals surface area contributed by atoms with Crippen LogP contribution in [0.4, 0.5) is 11.4 Å². The second-order valence-corrected chi connectivity index (χ2v) is 4.19. The maximum absolute atomic E-state index is 11.8. The molecule has 1 saturated heterocycles. The maximum Gasteiger partial charge on any atom is 0.253 e. The van der Waals surface area contributed by atoms with Gasteiger partial charge in [0, 0.05) is 24.5 Å². The summed E-state index contributed by atoms with van der Waals surface area (Å²) in [6, 6.07) is 4.88. The van der Waals surface area contributed by atoms with E-state index < -0.39 is 0 Å². The molecule has 1 aromatic rings. The van der Waals surface area contributed by atoms with Gasteiger partial charge in [-0.3, -0.25) is 4.79 Å². The van der Waals surface area contributed by atoms with Crippen molar-refractivity contribution in [3.63, 3.8) is 0 Å². The van der Waals surface area contributed by atoms with Crippen molar-refractivity contribution >= 4 is 17.3 Å². The van der Waals surface area contributed by atoms with Crippen LogP contribution in [-0.4, -0.2) is 25.2 Å². The standard InChI is InChI=1S/C12H17N3O2/c13-8-3-4-10(11(14)6-8)12(16)15-7-9-2-1-5-17-9/h3-4,6,9H,1-2,5,7,13-14H2,(H,15,16). The zero-order valence-corrected chi connectivity index (χ0v) is 9.61. The van der Waals surface area contributed by atoms with Crippen molar-refractivity contribution in [3.8, 4) is 0 Å². The van der Waals surface area contributed by atoms with E-state index in [1.54, 1.807) is 18.2 Å². The molecule has 1 atom stereocenters. The third-order valence-corrected chi connectivity index (χ3v) is 2.83. The Morgan fingerprint density at radius 2 is 2.29 bits per heavy atom. The van der Waals surface area contributed by atoms with Gasteiger partial charge in [0.1, 0.15) is 0 Å². The molecule has 0 spiro atoms. The van der Waals surface area contributed by atoms with E-state index in [0.717, 1.165) is 19.4 Å². The molecular weight excluding hydrogens is 218 g/mol. The van der Waals surface area contributed by atoms with Gasteiger partial charge < -0.3 is 21.5 Å². The zero-order valence-electron chi connectivity index (χ0n) is 9.61. The minimum Gasteiger partial charge on any atom is -0.399 e. The Balaban J connectivity index is 1.94. The molecule has 92 valence electrons. The summed E-state index contributed by atoms with van der Waals surface area (Å²) in [4.78, 5) is 11.8. The highest BCUT2D eigenvalue weighted by atomic mass is 16.5. The Kier molecular flexibility index (Phi) is 3.49. The lowest BCUT2D eigenvalue weighted by Gasteiger charge is -2.12. The molecule has 0 bridgehead atoms. The molecule has 5 nitrogen and oxygen atoms in total. The fraction of sp³-hybridized carbons (Fsp3) is 0.417. The number of nitrogens with two attached hydrogens (primary N) is 2. The van der Waals surface area contributed by atoms with E-state index in [4.69, 9.17) is 16.2 Å². The van der Waals surface area contributed by atoms with Crippen LogP contribution >= 0.6 is 0 Å². The molecule has 1 aromatic carbocycles. The maximum atomic E-state index is 11.8. The summed E-state index contributed by atoms with van der Waals surface area (Å²) in [5.41, 5.74) is 12.7. The van der Waals surface area contributed by atoms with Gasteiger partial charge in [0.05, 0.1) is 11.7 Å². The highest BCUT2D eigenvalue weighted by Crippen LogP contribution is 2.16. The summed E-state index contributed by atoms with van der Waals surface area (Å²) < 4.78 is 5.42. The lowest BCUT2D eigenvalue weighted by molar-refractivity contribution is 0.0858. The summed E-state index contributed by atoms with van der Waals surface area (Å²) in [6.07, 6.45) is 2.19. The molecule has 1 aliphatic rings. The van der Waals surface area contributed by atoms with Crippen molar-refractivity contribution < 1.29 is 9.53 Å². The minimum absolute atomic E-state index is 0.133. The van der Waals surface area contributed by atoms with Gasteiger partial charge in [-0.05, 0) is 31.0 Å². The normalized spacial score (nSPS) is 19.2. The molecule has 17 heavy (non-hydrogen) atoms. The topological polar surface area (TPSA) is 90.4 Å². The van der Waals surface area contributed by atoms with E-state index in [1.165, 1.54) is 0 Å². The summed E-state index contributed by atoms with van der Waals surface area (Å²) in [5.74, 6) is -0.182. The van der Waals surface area contributed by atoms with Crippen molar-refractivity contribution in [2.45, 2.75) is 18.9 Å². The van der Waals surface area contributed by atoms with Gasteiger partial charge in [0.15, 0.2) is 0 Å². The van der Waals surface area contributed by atoms with Gasteiger partial charge in [-0.1, -0.05) is 0 Å². The van der Waals surface area contributed by atoms with Crippen molar-refractivity contribution in [1.29, 1.82) is 0 Å². The van der Waals surface area contributed by atoms with E-state index in [0.29, 0.717) is 23.5 Å². The highest BCUT2D eigenvalue weighted by molar-refractivity contribution is 5.99. The Morgan fingerprint density at radius 1 is 1.47 bits per heavy atom. The van der Waals surface area contributed by atoms with Crippen LogP contribution in [0.3, 0.4) is 0 Å². The largest absolute Gasteiger partial charge is 0.399 e. The van der Waals surface area contributed by atoms with Crippen molar-refractivity contribution in [2.24, 2.45) is 0 Å². The van der Waals surface area contributed by atoms with Crippen LogP contribution in [0.1, 0.15) is 23.2 Å². The zero-order chi connectivity index (χ0) is 12.3. The van der Waals surface area contributed by atoms with Crippen LogP contribution in [0.2, 0.25) is 0 Å². The number of hydrogen-bond donors (Lipinski definition) is 3. The second kappa shape index (κ2) is 5.05. The van der Waals surface area contributed by atoms with Gasteiger partial charge in [0.25, 0.3) is 5.91 Å². The number of nitrogens with one attached hydrogen (secondary N) is 1. The first-order chi connectivity index (χ1) is 8.16. The average molecular weight is 235 g/mol. The van der Waals surface area contributed by atoms with Gasteiger partial charge in [-0.15, -0.1) is 0 Å². The van der Waals surface area contributed by atoms with Crippen LogP contribution in [0.5, 0.6) is 0 Å². The fourth-order valence-electron chi connectivity index (χ4n) is 1.90. The molecule has 1 unspecified atom stereocenters. The lowest BCUT2D eigenvalue weighted by Crippen LogP contribution is -2.32. The molecule has 0 aliphatic carbocycles. The molecule has 5 heteroatoms. The number of benzene rings is 1. The summed E-state index contributed by atoms with van der Waals surface area (Å²) in [6.45, 7) is 1.31. The SMILES string of the molecule is Nc1ccc(C(=O)NCC2CCCO2)c(N)c1. The number of amides is 1. The van der Waals surface area contributed by atoms with Crippen molar-refractivity contribution in [1.82, 2.24) is 5.32 Å². The number of ether oxygens (including phenoxy) is 1. The van der Waals surface area contributed by atoms with Crippen LogP contribution in [0.25, 0.3) is 0 Å². The third kappa shape index (κ3) is 2.88. The number of nitrogen functional groups attached to an aromatic ring is 2. The first kappa shape index (κ1) is 11.7. The molecule has 1 aliphatic heterocycles. The first-order valence-electron chi connectivity index (χ1n) is 5.71. The number of carbonyl (C=O) groups excluding carboxylic acids is 1. The predicted molar refractivity (Wildman–Crippen MR) is 66.6 cm³/mol. The molecule has 1 heterocycles. The molecular formula is C12H17N3O2. The molecule has 2 rings (SSSR count). The first-order valence-corrected chi connectivity index (χ1v) is 5.71. The molecule has 0 aromatic heterocycles. The van der Waals surface area contributed by atoms with Crippen LogP contribution in [0, 0.1) is 0 Å². The van der Waals surface area contributed by atoms with E-state index in [2.05, 4.69) is 5.32 Å². The van der Waals surface area contributed by atoms with Crippen molar-refractivity contribution in [2.75, 3.05) is 24.6 Å². The number of hydrogen-bond acceptors (Lipinski definition) is 4. The molecule has 5 N–H and O–H groups in total. The second-order valence-electron chi connectivity index (χ2n) is 4.19. The molecule has 0 radical (unpaired) electrons. The van der Waals surface area contributed by atoms with Gasteiger partial charge >= 0.3 is 0 Å². The highest BCUT2D eigenvalue weighted by Gasteiger charge is 2.17. The van der Waals surface area contributed by atoms with E-state index in [1.807, 2.05) is 0 Å². The number of carbonyl (C=O) groups is 1. The smallest absolute Gasteiger partial charge is 0.253 e. The predicted octanol–water partition coefficient (Wildman–Crippen LogP) is 0.760. The van der Waals surface area contributed by atoms with E-state index >= 15 is 0 Å². The van der Waals surface area contributed by atoms with Crippen LogP contribution in [0.15, 0.2) is 18.2 Å². The average Bonchev–Trinajstić information content (AvgIpc) is 2.78. The fourth-order valence-corrected chi connectivity index (χ4v) is 1.90. The van der Waals surface area contributed by atoms with Crippen molar-refractivity contribution in [3.05, 3.63) is 23.8 Å². The monoisotopic (exact) mass is 235 g/mol. The van der Waals surface area contributed by atoms with Crippen LogP contribution < -0.4 is 16.8 Å². The summed E-state index contributed by atoms with van der Waals surface area (Å²) in [5, 5.41) is 2.82. The van der Waals surface area contributed by atoms with Gasteiger partial charge in [-0.25, -0.2) is 0 Å². The Morgan fingerprint density at radius 3 is 2.94 bits per heavy atom. The third-order valence-electron chi connectivity index (χ3n) is 2.83. The number of rotatable bonds is 3. The number of anilines is 2. The molecule has 0 saturated carbocycles. The van der Waals surface area contributed by atoms with Gasteiger partial charge in [-0.2, -0.15) is 0 Å². The Labute approximate surface area is 100 Å². The Bertz CT molecular complexity index is 414. The minimum atomic E-state index is -0.182. The van der Waals surface area contributed by atoms with Gasteiger partial charge in [0.2, 0.25) is 0 Å². The summed E-state index contributed by atoms with van der Waals surface area (Å²) in [7, 11) is 0. The van der Waals surface area contributed by atoms with E-state index in [-0.39, 0.29) is 12.0 Å². The summed E-state index contributed by atoms with van der Waals surface area (Å²) >= 11 is 0. The quantitative estimate of drug-likeness (QED) is 0.675.